The highest BCUT2D eigenvalue weighted by molar-refractivity contribution is 6.06. The van der Waals surface area contributed by atoms with Gasteiger partial charge in [0.15, 0.2) is 0 Å². The van der Waals surface area contributed by atoms with Gasteiger partial charge >= 0.3 is 6.18 Å². The molecule has 0 N–H and O–H groups in total. The third-order valence-electron chi connectivity index (χ3n) is 4.11. The summed E-state index contributed by atoms with van der Waals surface area (Å²) < 4.78 is 40.3. The summed E-state index contributed by atoms with van der Waals surface area (Å²) >= 11 is 0. The number of carbonyl (C=O) groups excluding carboxylic acids is 1. The molecule has 4 nitrogen and oxygen atoms in total. The maximum atomic E-state index is 12.9. The molecule has 7 heteroatoms. The molecule has 0 aliphatic heterocycles. The molecule has 2 aromatic carbocycles. The van der Waals surface area contributed by atoms with Gasteiger partial charge in [-0.15, -0.1) is 0 Å². The number of halogens is 3. The predicted molar refractivity (Wildman–Crippen MR) is 92.5 cm³/mol. The number of hydrogen-bond donors (Lipinski definition) is 0. The number of anilines is 1. The molecule has 0 saturated heterocycles. The van der Waals surface area contributed by atoms with Crippen molar-refractivity contribution in [2.45, 2.75) is 13.1 Å². The lowest BCUT2D eigenvalue weighted by Crippen LogP contribution is -2.27. The van der Waals surface area contributed by atoms with Crippen LogP contribution in [0.3, 0.4) is 0 Å². The molecule has 3 rings (SSSR count). The fraction of sp³-hybridized carbons (Fsp3) is 0.158. The first-order chi connectivity index (χ1) is 12.3. The van der Waals surface area contributed by atoms with E-state index in [9.17, 15) is 18.0 Å². The van der Waals surface area contributed by atoms with E-state index in [1.165, 1.54) is 30.3 Å². The fourth-order valence-electron chi connectivity index (χ4n) is 2.64. The zero-order valence-electron chi connectivity index (χ0n) is 14.2. The second kappa shape index (κ2) is 6.67. The second-order valence-electron chi connectivity index (χ2n) is 5.80. The summed E-state index contributed by atoms with van der Waals surface area (Å²) in [6.45, 7) is 1.74. The molecule has 0 fully saturated rings. The average molecular weight is 359 g/mol. The van der Waals surface area contributed by atoms with Crippen LogP contribution in [-0.4, -0.2) is 22.7 Å². The Balaban J connectivity index is 1.92. The summed E-state index contributed by atoms with van der Waals surface area (Å²) in [7, 11) is 1.44. The number of rotatable bonds is 3. The Hall–Kier alpha value is -3.09. The number of aromatic nitrogens is 2. The van der Waals surface area contributed by atoms with Gasteiger partial charge in [0.2, 0.25) is 0 Å². The number of nitrogens with zero attached hydrogens (tertiary/aromatic N) is 3. The Labute approximate surface area is 148 Å². The molecule has 0 saturated carbocycles. The SMILES string of the molecule is Cc1c(C(=O)N(C)c2cccc(C(F)(F)F)c2)cnn1-c1ccccc1. The zero-order valence-corrected chi connectivity index (χ0v) is 14.2. The van der Waals surface area contributed by atoms with Crippen LogP contribution in [0, 0.1) is 6.92 Å². The molecule has 0 aliphatic carbocycles. The molecule has 0 bridgehead atoms. The van der Waals surface area contributed by atoms with E-state index in [1.54, 1.807) is 11.6 Å². The summed E-state index contributed by atoms with van der Waals surface area (Å²) in [6, 6.07) is 14.0. The largest absolute Gasteiger partial charge is 0.416 e. The lowest BCUT2D eigenvalue weighted by Gasteiger charge is -2.18. The minimum atomic E-state index is -4.46. The Kier molecular flexibility index (Phi) is 4.54. The van der Waals surface area contributed by atoms with Crippen molar-refractivity contribution < 1.29 is 18.0 Å². The van der Waals surface area contributed by atoms with Gasteiger partial charge in [0.05, 0.1) is 28.7 Å². The van der Waals surface area contributed by atoms with E-state index in [4.69, 9.17) is 0 Å². The lowest BCUT2D eigenvalue weighted by atomic mass is 10.1. The number of alkyl halides is 3. The van der Waals surface area contributed by atoms with Crippen molar-refractivity contribution in [2.75, 3.05) is 11.9 Å². The molecule has 1 heterocycles. The van der Waals surface area contributed by atoms with Gasteiger partial charge in [0.25, 0.3) is 5.91 Å². The van der Waals surface area contributed by atoms with E-state index in [2.05, 4.69) is 5.10 Å². The minimum absolute atomic E-state index is 0.164. The standard InChI is InChI=1S/C19H16F3N3O/c1-13-17(12-23-25(13)15-8-4-3-5-9-15)18(26)24(2)16-10-6-7-14(11-16)19(20,21)22/h3-12H,1-2H3. The van der Waals surface area contributed by atoms with Crippen LogP contribution in [0.1, 0.15) is 21.6 Å². The third kappa shape index (κ3) is 3.33. The molecule has 0 atom stereocenters. The van der Waals surface area contributed by atoms with Gasteiger partial charge < -0.3 is 4.90 Å². The Morgan fingerprint density at radius 1 is 1.08 bits per heavy atom. The van der Waals surface area contributed by atoms with Crippen molar-refractivity contribution in [3.63, 3.8) is 0 Å². The first-order valence-corrected chi connectivity index (χ1v) is 7.84. The maximum Gasteiger partial charge on any atom is 0.416 e. The summed E-state index contributed by atoms with van der Waals surface area (Å²) in [6.07, 6.45) is -3.04. The van der Waals surface area contributed by atoms with Crippen molar-refractivity contribution in [1.82, 2.24) is 9.78 Å². The van der Waals surface area contributed by atoms with Crippen LogP contribution < -0.4 is 4.90 Å². The fourth-order valence-corrected chi connectivity index (χ4v) is 2.64. The Bertz CT molecular complexity index is 933. The zero-order chi connectivity index (χ0) is 18.9. The van der Waals surface area contributed by atoms with Crippen molar-refractivity contribution in [3.8, 4) is 5.69 Å². The Morgan fingerprint density at radius 3 is 2.42 bits per heavy atom. The molecule has 3 aromatic rings. The van der Waals surface area contributed by atoms with E-state index in [0.717, 1.165) is 17.8 Å². The highest BCUT2D eigenvalue weighted by Gasteiger charge is 2.31. The molecule has 26 heavy (non-hydrogen) atoms. The van der Waals surface area contributed by atoms with Crippen molar-refractivity contribution in [2.24, 2.45) is 0 Å². The van der Waals surface area contributed by atoms with Crippen LogP contribution in [0.15, 0.2) is 60.8 Å². The van der Waals surface area contributed by atoms with E-state index in [0.29, 0.717) is 11.3 Å². The van der Waals surface area contributed by atoms with Crippen molar-refractivity contribution >= 4 is 11.6 Å². The van der Waals surface area contributed by atoms with Crippen molar-refractivity contribution in [1.29, 1.82) is 0 Å². The first kappa shape index (κ1) is 17.7. The van der Waals surface area contributed by atoms with E-state index in [-0.39, 0.29) is 5.69 Å². The lowest BCUT2D eigenvalue weighted by molar-refractivity contribution is -0.137. The molecule has 0 aliphatic rings. The molecule has 1 aromatic heterocycles. The maximum absolute atomic E-state index is 12.9. The first-order valence-electron chi connectivity index (χ1n) is 7.84. The minimum Gasteiger partial charge on any atom is -0.311 e. The third-order valence-corrected chi connectivity index (χ3v) is 4.11. The summed E-state index contributed by atoms with van der Waals surface area (Å²) in [5.41, 5.74) is 1.10. The van der Waals surface area contributed by atoms with Gasteiger partial charge in [-0.25, -0.2) is 4.68 Å². The monoisotopic (exact) mass is 359 g/mol. The summed E-state index contributed by atoms with van der Waals surface area (Å²) in [4.78, 5) is 14.0. The molecule has 1 amide bonds. The van der Waals surface area contributed by atoms with Gasteiger partial charge in [-0.3, -0.25) is 4.79 Å². The van der Waals surface area contributed by atoms with E-state index >= 15 is 0 Å². The Morgan fingerprint density at radius 2 is 1.77 bits per heavy atom. The number of amides is 1. The normalized spacial score (nSPS) is 11.4. The van der Waals surface area contributed by atoms with E-state index < -0.39 is 17.6 Å². The number of benzene rings is 2. The predicted octanol–water partition coefficient (Wildman–Crippen LogP) is 4.48. The molecular weight excluding hydrogens is 343 g/mol. The quantitative estimate of drug-likeness (QED) is 0.692. The van der Waals surface area contributed by atoms with Gasteiger partial charge in [0.1, 0.15) is 0 Å². The van der Waals surface area contributed by atoms with Crippen LogP contribution in [0.2, 0.25) is 0 Å². The van der Waals surface area contributed by atoms with Crippen LogP contribution in [-0.2, 0) is 6.18 Å². The van der Waals surface area contributed by atoms with Crippen LogP contribution in [0.5, 0.6) is 0 Å². The van der Waals surface area contributed by atoms with Crippen LogP contribution >= 0.6 is 0 Å². The number of hydrogen-bond acceptors (Lipinski definition) is 2. The molecule has 0 unspecified atom stereocenters. The van der Waals surface area contributed by atoms with E-state index in [1.807, 2.05) is 30.3 Å². The molecule has 0 spiro atoms. The summed E-state index contributed by atoms with van der Waals surface area (Å²) in [5.74, 6) is -0.427. The van der Waals surface area contributed by atoms with Crippen LogP contribution in [0.4, 0.5) is 18.9 Å². The summed E-state index contributed by atoms with van der Waals surface area (Å²) in [5, 5.41) is 4.23. The van der Waals surface area contributed by atoms with Gasteiger partial charge in [-0.05, 0) is 37.3 Å². The molecular formula is C19H16F3N3O. The smallest absolute Gasteiger partial charge is 0.311 e. The van der Waals surface area contributed by atoms with Gasteiger partial charge in [0, 0.05) is 12.7 Å². The molecule has 134 valence electrons. The van der Waals surface area contributed by atoms with Gasteiger partial charge in [-0.2, -0.15) is 18.3 Å². The average Bonchev–Trinajstić information content (AvgIpc) is 3.02. The number of para-hydroxylation sites is 1. The van der Waals surface area contributed by atoms with Crippen molar-refractivity contribution in [3.05, 3.63) is 77.6 Å². The highest BCUT2D eigenvalue weighted by Crippen LogP contribution is 2.31. The second-order valence-corrected chi connectivity index (χ2v) is 5.80. The highest BCUT2D eigenvalue weighted by atomic mass is 19.4. The van der Waals surface area contributed by atoms with Gasteiger partial charge in [-0.1, -0.05) is 24.3 Å². The van der Waals surface area contributed by atoms with Crippen LogP contribution in [0.25, 0.3) is 5.69 Å². The molecule has 0 radical (unpaired) electrons. The topological polar surface area (TPSA) is 38.1 Å². The number of carbonyl (C=O) groups is 1.